The normalized spacial score (nSPS) is 11.2. The van der Waals surface area contributed by atoms with Crippen molar-refractivity contribution in [1.29, 1.82) is 0 Å². The van der Waals surface area contributed by atoms with Crippen LogP contribution in [0.4, 0.5) is 8.78 Å². The zero-order valence-corrected chi connectivity index (χ0v) is 18.7. The number of imidazole rings is 1. The number of carbonyl (C=O) groups excluding carboxylic acids is 1. The molecule has 0 bridgehead atoms. The Bertz CT molecular complexity index is 1510. The minimum Gasteiger partial charge on any atom is -0.487 e. The lowest BCUT2D eigenvalue weighted by molar-refractivity contribution is 0.0916. The molecule has 0 fully saturated rings. The topological polar surface area (TPSA) is 98.1 Å². The number of carbonyl (C=O) groups is 1. The third-order valence-corrected chi connectivity index (χ3v) is 5.49. The smallest absolute Gasteiger partial charge is 0.333 e. The fourth-order valence-electron chi connectivity index (χ4n) is 3.49. The number of nitrogens with one attached hydrogen (secondary N) is 2. The van der Waals surface area contributed by atoms with Gasteiger partial charge in [0.25, 0.3) is 5.56 Å². The quantitative estimate of drug-likeness (QED) is 0.417. The van der Waals surface area contributed by atoms with E-state index in [4.69, 9.17) is 16.3 Å². The first-order valence-corrected chi connectivity index (χ1v) is 10.5. The standard InChI is InChI=1S/C23H19ClF2N4O4/c1-27-10-20(31)30-18-5-2-13(8-17(18)28-23(30)33)11-29-7-6-19(21(24)22(29)32)34-12-14-3-4-15(25)9-16(14)26/h2-9,27H,10-12H2,1H3,(H,28,33). The first-order chi connectivity index (χ1) is 16.3. The SMILES string of the molecule is CNCC(=O)n1c(=O)[nH]c2cc(Cn3ccc(OCc4ccc(F)cc4F)c(Cl)c3=O)ccc21. The second kappa shape index (κ2) is 9.62. The van der Waals surface area contributed by atoms with E-state index in [-0.39, 0.29) is 36.0 Å². The average molecular weight is 489 g/mol. The molecule has 2 heterocycles. The summed E-state index contributed by atoms with van der Waals surface area (Å²) in [6, 6.07) is 9.56. The molecule has 34 heavy (non-hydrogen) atoms. The Morgan fingerprint density at radius 1 is 1.15 bits per heavy atom. The molecule has 0 aliphatic heterocycles. The van der Waals surface area contributed by atoms with E-state index in [9.17, 15) is 23.2 Å². The largest absolute Gasteiger partial charge is 0.487 e. The zero-order valence-electron chi connectivity index (χ0n) is 17.9. The Morgan fingerprint density at radius 3 is 2.68 bits per heavy atom. The van der Waals surface area contributed by atoms with Crippen LogP contribution in [0.25, 0.3) is 11.0 Å². The summed E-state index contributed by atoms with van der Waals surface area (Å²) in [5.41, 5.74) is 0.593. The van der Waals surface area contributed by atoms with E-state index in [1.54, 1.807) is 25.2 Å². The number of halogens is 3. The highest BCUT2D eigenvalue weighted by Crippen LogP contribution is 2.22. The summed E-state index contributed by atoms with van der Waals surface area (Å²) < 4.78 is 34.7. The Balaban J connectivity index is 1.55. The molecule has 0 aliphatic carbocycles. The number of aromatic nitrogens is 3. The molecule has 0 amide bonds. The van der Waals surface area contributed by atoms with Crippen LogP contribution in [0, 0.1) is 11.6 Å². The fraction of sp³-hybridized carbons (Fsp3) is 0.174. The lowest BCUT2D eigenvalue weighted by Gasteiger charge is -2.12. The Hall–Kier alpha value is -3.76. The molecule has 0 saturated carbocycles. The minimum atomic E-state index is -0.764. The van der Waals surface area contributed by atoms with Gasteiger partial charge in [-0.3, -0.25) is 9.59 Å². The fourth-order valence-corrected chi connectivity index (χ4v) is 3.72. The molecule has 11 heteroatoms. The van der Waals surface area contributed by atoms with Crippen LogP contribution in [-0.4, -0.2) is 33.6 Å². The number of pyridine rings is 1. The van der Waals surface area contributed by atoms with E-state index in [2.05, 4.69) is 10.3 Å². The third-order valence-electron chi connectivity index (χ3n) is 5.15. The molecule has 176 valence electrons. The summed E-state index contributed by atoms with van der Waals surface area (Å²) in [6.07, 6.45) is 1.47. The lowest BCUT2D eigenvalue weighted by atomic mass is 10.2. The van der Waals surface area contributed by atoms with Gasteiger partial charge in [0.1, 0.15) is 29.0 Å². The summed E-state index contributed by atoms with van der Waals surface area (Å²) in [5.74, 6) is -1.80. The van der Waals surface area contributed by atoms with Crippen LogP contribution < -0.4 is 21.3 Å². The highest BCUT2D eigenvalue weighted by Gasteiger charge is 2.15. The predicted molar refractivity (Wildman–Crippen MR) is 123 cm³/mol. The van der Waals surface area contributed by atoms with Crippen molar-refractivity contribution in [2.45, 2.75) is 13.2 Å². The molecule has 2 aromatic carbocycles. The molecule has 0 aliphatic rings. The summed E-state index contributed by atoms with van der Waals surface area (Å²) in [6.45, 7) is -0.0909. The third kappa shape index (κ3) is 4.63. The van der Waals surface area contributed by atoms with E-state index in [1.807, 2.05) is 0 Å². The number of ether oxygens (including phenoxy) is 1. The Morgan fingerprint density at radius 2 is 1.94 bits per heavy atom. The van der Waals surface area contributed by atoms with E-state index in [1.165, 1.54) is 22.9 Å². The van der Waals surface area contributed by atoms with Crippen molar-refractivity contribution in [3.05, 3.63) is 97.3 Å². The minimum absolute atomic E-state index is 0.00469. The van der Waals surface area contributed by atoms with Gasteiger partial charge in [0.05, 0.1) is 24.1 Å². The van der Waals surface area contributed by atoms with E-state index >= 15 is 0 Å². The van der Waals surface area contributed by atoms with Crippen LogP contribution in [0.5, 0.6) is 5.75 Å². The van der Waals surface area contributed by atoms with Crippen LogP contribution in [0.1, 0.15) is 15.9 Å². The molecule has 0 spiro atoms. The van der Waals surface area contributed by atoms with Crippen LogP contribution in [-0.2, 0) is 13.2 Å². The average Bonchev–Trinajstić information content (AvgIpc) is 3.12. The molecule has 2 aromatic heterocycles. The van der Waals surface area contributed by atoms with Gasteiger partial charge in [0.2, 0.25) is 5.91 Å². The summed E-state index contributed by atoms with van der Waals surface area (Å²) >= 11 is 6.17. The second-order valence-electron chi connectivity index (χ2n) is 7.49. The second-order valence-corrected chi connectivity index (χ2v) is 7.87. The molecular formula is C23H19ClF2N4O4. The van der Waals surface area contributed by atoms with Gasteiger partial charge in [-0.1, -0.05) is 17.7 Å². The lowest BCUT2D eigenvalue weighted by Crippen LogP contribution is -2.31. The molecule has 4 rings (SSSR count). The van der Waals surface area contributed by atoms with Gasteiger partial charge in [0, 0.05) is 17.8 Å². The number of hydrogen-bond donors (Lipinski definition) is 2. The van der Waals surface area contributed by atoms with Crippen molar-refractivity contribution in [3.63, 3.8) is 0 Å². The van der Waals surface area contributed by atoms with Crippen molar-refractivity contribution in [1.82, 2.24) is 19.4 Å². The van der Waals surface area contributed by atoms with Gasteiger partial charge >= 0.3 is 5.69 Å². The van der Waals surface area contributed by atoms with Crippen molar-refractivity contribution >= 4 is 28.5 Å². The van der Waals surface area contributed by atoms with Gasteiger partial charge in [-0.15, -0.1) is 0 Å². The van der Waals surface area contributed by atoms with Gasteiger partial charge in [-0.25, -0.2) is 18.1 Å². The first-order valence-electron chi connectivity index (χ1n) is 10.2. The Labute approximate surface area is 196 Å². The number of rotatable bonds is 7. The van der Waals surface area contributed by atoms with Gasteiger partial charge in [-0.2, -0.15) is 0 Å². The van der Waals surface area contributed by atoms with E-state index in [0.717, 1.165) is 16.7 Å². The highest BCUT2D eigenvalue weighted by molar-refractivity contribution is 6.31. The summed E-state index contributed by atoms with van der Waals surface area (Å²) in [5, 5.41) is 2.52. The van der Waals surface area contributed by atoms with Gasteiger partial charge in [0.15, 0.2) is 0 Å². The first kappa shape index (κ1) is 23.4. The zero-order chi connectivity index (χ0) is 24.4. The number of likely N-dealkylation sites (N-methyl/N-ethyl adjacent to an activating group) is 1. The molecule has 0 radical (unpaired) electrons. The van der Waals surface area contributed by atoms with Crippen molar-refractivity contribution in [2.75, 3.05) is 13.6 Å². The van der Waals surface area contributed by atoms with Gasteiger partial charge < -0.3 is 19.6 Å². The molecule has 0 atom stereocenters. The number of hydrogen-bond acceptors (Lipinski definition) is 5. The predicted octanol–water partition coefficient (Wildman–Crippen LogP) is 2.91. The monoisotopic (exact) mass is 488 g/mol. The van der Waals surface area contributed by atoms with Gasteiger partial charge in [-0.05, 0) is 42.9 Å². The van der Waals surface area contributed by atoms with Crippen molar-refractivity contribution in [2.24, 2.45) is 0 Å². The highest BCUT2D eigenvalue weighted by atomic mass is 35.5. The molecule has 4 aromatic rings. The van der Waals surface area contributed by atoms with Crippen molar-refractivity contribution in [3.8, 4) is 5.75 Å². The number of nitrogens with zero attached hydrogens (tertiary/aromatic N) is 2. The van der Waals surface area contributed by atoms with Crippen LogP contribution in [0.3, 0.4) is 0 Å². The summed E-state index contributed by atoms with van der Waals surface area (Å²) in [4.78, 5) is 39.7. The maximum Gasteiger partial charge on any atom is 0.333 e. The van der Waals surface area contributed by atoms with E-state index in [0.29, 0.717) is 16.6 Å². The molecule has 8 nitrogen and oxygen atoms in total. The van der Waals surface area contributed by atoms with Crippen LogP contribution in [0.2, 0.25) is 5.02 Å². The maximum atomic E-state index is 13.8. The Kier molecular flexibility index (Phi) is 6.62. The van der Waals surface area contributed by atoms with Crippen LogP contribution >= 0.6 is 11.6 Å². The van der Waals surface area contributed by atoms with E-state index < -0.39 is 28.8 Å². The number of H-pyrrole nitrogens is 1. The van der Waals surface area contributed by atoms with Crippen molar-refractivity contribution < 1.29 is 18.3 Å². The number of benzene rings is 2. The molecule has 0 unspecified atom stereocenters. The molecule has 0 saturated heterocycles. The summed E-state index contributed by atoms with van der Waals surface area (Å²) in [7, 11) is 1.61. The maximum absolute atomic E-state index is 13.8. The molecular weight excluding hydrogens is 470 g/mol. The number of fused-ring (bicyclic) bond motifs is 1. The molecule has 2 N–H and O–H groups in total. The van der Waals surface area contributed by atoms with Crippen LogP contribution in [0.15, 0.2) is 58.3 Å². The number of aromatic amines is 1.